The number of carbonyl (C=O) groups excluding carboxylic acids is 3. The predicted molar refractivity (Wildman–Crippen MR) is 174 cm³/mol. The highest BCUT2D eigenvalue weighted by Crippen LogP contribution is 2.37. The normalized spacial score (nSPS) is 18.5. The lowest BCUT2D eigenvalue weighted by atomic mass is 9.88. The Balaban J connectivity index is 1.59. The van der Waals surface area contributed by atoms with Crippen LogP contribution in [0.15, 0.2) is 48.7 Å². The van der Waals surface area contributed by atoms with Gasteiger partial charge >= 0.3 is 18.2 Å². The van der Waals surface area contributed by atoms with Crippen molar-refractivity contribution >= 4 is 46.1 Å². The summed E-state index contributed by atoms with van der Waals surface area (Å²) in [5, 5.41) is 4.21. The molecule has 2 aromatic carbocycles. The fourth-order valence-corrected chi connectivity index (χ4v) is 7.14. The predicted octanol–water partition coefficient (Wildman–Crippen LogP) is 6.67. The molecule has 2 unspecified atom stereocenters. The summed E-state index contributed by atoms with van der Waals surface area (Å²) >= 11 is 6.34. The molecule has 0 bridgehead atoms. The Bertz CT molecular complexity index is 1590. The van der Waals surface area contributed by atoms with E-state index in [9.17, 15) is 27.6 Å². The van der Waals surface area contributed by atoms with Crippen molar-refractivity contribution in [2.45, 2.75) is 63.6 Å². The summed E-state index contributed by atoms with van der Waals surface area (Å²) < 4.78 is 41.1. The minimum atomic E-state index is -5.41. The number of hydrogen-bond acceptors (Lipinski definition) is 5. The molecule has 1 fully saturated rings. The van der Waals surface area contributed by atoms with E-state index in [0.29, 0.717) is 34.3 Å². The first-order valence-corrected chi connectivity index (χ1v) is 16.4. The van der Waals surface area contributed by atoms with Gasteiger partial charge in [-0.2, -0.15) is 13.2 Å². The Hall–Kier alpha value is -3.77. The highest BCUT2D eigenvalue weighted by Gasteiger charge is 2.48. The topological polar surface area (TPSA) is 98.0 Å². The number of fused-ring (bicyclic) bond motifs is 2. The van der Waals surface area contributed by atoms with E-state index in [-0.39, 0.29) is 24.9 Å². The molecule has 3 atom stereocenters. The van der Waals surface area contributed by atoms with Crippen LogP contribution in [0.3, 0.4) is 0 Å². The standard InChI is InChI=1S/C34H41ClF3N5O4/c1-21(27-18-39-28-12-8-7-11-26(27)28)30(31(44)42-20-23(19-41(2)3)15-24-16-25(35)13-14-29(24)42)43(47-32(45)34(36,37)38)33(46)40-17-22-9-5-4-6-10-22/h7-8,11-14,16,18,21-23,30,39H,4-6,9-10,15,17,19-20H2,1-3H3,(H,40,46)/t21?,23-,30?/m1/s1. The summed E-state index contributed by atoms with van der Waals surface area (Å²) in [5.74, 6) is -4.11. The van der Waals surface area contributed by atoms with Crippen LogP contribution < -0.4 is 10.2 Å². The molecule has 1 aliphatic heterocycles. The number of hydroxylamine groups is 2. The van der Waals surface area contributed by atoms with Crippen LogP contribution in [-0.2, 0) is 20.8 Å². The summed E-state index contributed by atoms with van der Waals surface area (Å²) in [6.45, 7) is 2.67. The molecular formula is C34H41ClF3N5O4. The van der Waals surface area contributed by atoms with Crippen molar-refractivity contribution in [3.63, 3.8) is 0 Å². The first kappa shape index (κ1) is 34.6. The number of anilines is 1. The highest BCUT2D eigenvalue weighted by molar-refractivity contribution is 6.30. The van der Waals surface area contributed by atoms with E-state index in [0.717, 1.165) is 48.6 Å². The van der Waals surface area contributed by atoms with Crippen molar-refractivity contribution in [2.75, 3.05) is 38.6 Å². The minimum absolute atomic E-state index is 0.0461. The van der Waals surface area contributed by atoms with Crippen molar-refractivity contribution in [1.29, 1.82) is 0 Å². The second-order valence-electron chi connectivity index (χ2n) is 13.0. The fourth-order valence-electron chi connectivity index (χ4n) is 6.94. The molecule has 0 radical (unpaired) electrons. The van der Waals surface area contributed by atoms with Crippen molar-refractivity contribution in [1.82, 2.24) is 20.3 Å². The number of aromatic amines is 1. The van der Waals surface area contributed by atoms with E-state index >= 15 is 0 Å². The molecule has 13 heteroatoms. The Labute approximate surface area is 277 Å². The number of nitrogens with one attached hydrogen (secondary N) is 2. The maximum absolute atomic E-state index is 14.9. The SMILES string of the molecule is CC(c1c[nH]c2ccccc12)C(C(=O)N1C[C@@H](CN(C)C)Cc2cc(Cl)ccc21)N(OC(=O)C(F)(F)F)C(=O)NCC1CCCCC1. The molecule has 1 aromatic heterocycles. The molecule has 2 N–H and O–H groups in total. The second kappa shape index (κ2) is 14.6. The molecule has 3 amide bonds. The third-order valence-corrected chi connectivity index (χ3v) is 9.38. The van der Waals surface area contributed by atoms with Crippen LogP contribution in [0.5, 0.6) is 0 Å². The van der Waals surface area contributed by atoms with Gasteiger partial charge in [0.05, 0.1) is 0 Å². The molecule has 9 nitrogen and oxygen atoms in total. The molecule has 0 saturated heterocycles. The van der Waals surface area contributed by atoms with E-state index < -0.39 is 36.0 Å². The van der Waals surface area contributed by atoms with Gasteiger partial charge < -0.3 is 24.9 Å². The van der Waals surface area contributed by atoms with E-state index in [4.69, 9.17) is 16.4 Å². The lowest BCUT2D eigenvalue weighted by Gasteiger charge is -2.40. The van der Waals surface area contributed by atoms with Crippen LogP contribution in [0.25, 0.3) is 10.9 Å². The van der Waals surface area contributed by atoms with E-state index in [1.54, 1.807) is 37.4 Å². The van der Waals surface area contributed by atoms with Gasteiger partial charge in [0.1, 0.15) is 0 Å². The van der Waals surface area contributed by atoms with Gasteiger partial charge in [-0.3, -0.25) is 4.79 Å². The Morgan fingerprint density at radius 2 is 1.81 bits per heavy atom. The third kappa shape index (κ3) is 8.03. The summed E-state index contributed by atoms with van der Waals surface area (Å²) in [6, 6.07) is 9.65. The number of hydrogen-bond donors (Lipinski definition) is 2. The number of aromatic nitrogens is 1. The van der Waals surface area contributed by atoms with Gasteiger partial charge in [0.15, 0.2) is 6.04 Å². The number of para-hydroxylation sites is 1. The largest absolute Gasteiger partial charge is 0.493 e. The number of nitrogens with zero attached hydrogens (tertiary/aromatic N) is 3. The zero-order valence-corrected chi connectivity index (χ0v) is 27.5. The molecule has 2 aliphatic rings. The zero-order valence-electron chi connectivity index (χ0n) is 26.8. The molecule has 2 heterocycles. The van der Waals surface area contributed by atoms with Crippen molar-refractivity contribution in [3.8, 4) is 0 Å². The average molecular weight is 676 g/mol. The van der Waals surface area contributed by atoms with Crippen molar-refractivity contribution in [3.05, 3.63) is 64.8 Å². The Kier molecular flexibility index (Phi) is 10.7. The lowest BCUT2D eigenvalue weighted by molar-refractivity contribution is -0.233. The number of alkyl halides is 3. The first-order chi connectivity index (χ1) is 22.3. The van der Waals surface area contributed by atoms with Crippen molar-refractivity contribution in [2.24, 2.45) is 11.8 Å². The number of urea groups is 1. The second-order valence-corrected chi connectivity index (χ2v) is 13.4. The van der Waals surface area contributed by atoms with Gasteiger partial charge in [0.2, 0.25) is 0 Å². The van der Waals surface area contributed by atoms with Crippen molar-refractivity contribution < 1.29 is 32.4 Å². The summed E-state index contributed by atoms with van der Waals surface area (Å²) in [4.78, 5) is 52.7. The van der Waals surface area contributed by atoms with Gasteiger partial charge in [-0.25, -0.2) is 9.59 Å². The van der Waals surface area contributed by atoms with Crippen LogP contribution in [0.1, 0.15) is 56.1 Å². The number of halogens is 4. The van der Waals surface area contributed by atoms with Gasteiger partial charge in [-0.05, 0) is 80.6 Å². The third-order valence-electron chi connectivity index (χ3n) is 9.14. The fraction of sp³-hybridized carbons (Fsp3) is 0.500. The molecule has 254 valence electrons. The Morgan fingerprint density at radius 3 is 2.51 bits per heavy atom. The van der Waals surface area contributed by atoms with E-state index in [1.807, 2.05) is 37.2 Å². The van der Waals surface area contributed by atoms with Crippen LogP contribution in [0.4, 0.5) is 23.7 Å². The molecule has 1 saturated carbocycles. The molecule has 3 aromatic rings. The van der Waals surface area contributed by atoms with Crippen LogP contribution >= 0.6 is 11.6 Å². The quantitative estimate of drug-likeness (QED) is 0.260. The minimum Gasteiger partial charge on any atom is -0.361 e. The average Bonchev–Trinajstić information content (AvgIpc) is 3.46. The van der Waals surface area contributed by atoms with Crippen LogP contribution in [0, 0.1) is 11.8 Å². The maximum atomic E-state index is 14.9. The molecule has 47 heavy (non-hydrogen) atoms. The first-order valence-electron chi connectivity index (χ1n) is 16.0. The number of rotatable bonds is 8. The molecule has 5 rings (SSSR count). The maximum Gasteiger partial charge on any atom is 0.493 e. The van der Waals surface area contributed by atoms with Crippen LogP contribution in [0.2, 0.25) is 5.02 Å². The summed E-state index contributed by atoms with van der Waals surface area (Å²) in [6.07, 6.45) is 1.64. The monoisotopic (exact) mass is 675 g/mol. The molecule has 1 aliphatic carbocycles. The van der Waals surface area contributed by atoms with Gasteiger partial charge in [-0.15, -0.1) is 5.06 Å². The summed E-state index contributed by atoms with van der Waals surface area (Å²) in [7, 11) is 3.83. The summed E-state index contributed by atoms with van der Waals surface area (Å²) in [5.41, 5.74) is 2.65. The van der Waals surface area contributed by atoms with E-state index in [1.165, 1.54) is 4.90 Å². The van der Waals surface area contributed by atoms with Gasteiger partial charge in [-0.1, -0.05) is 56.0 Å². The van der Waals surface area contributed by atoms with Crippen LogP contribution in [-0.4, -0.2) is 78.8 Å². The molecular weight excluding hydrogens is 635 g/mol. The number of amides is 3. The smallest absolute Gasteiger partial charge is 0.361 e. The van der Waals surface area contributed by atoms with Gasteiger partial charge in [0.25, 0.3) is 5.91 Å². The highest BCUT2D eigenvalue weighted by atomic mass is 35.5. The number of carbonyl (C=O) groups is 3. The lowest BCUT2D eigenvalue weighted by Crippen LogP contribution is -2.59. The molecule has 0 spiro atoms. The Morgan fingerprint density at radius 1 is 1.09 bits per heavy atom. The van der Waals surface area contributed by atoms with Gasteiger partial charge in [0, 0.05) is 53.4 Å². The number of benzene rings is 2. The van der Waals surface area contributed by atoms with E-state index in [2.05, 4.69) is 10.3 Å². The zero-order chi connectivity index (χ0) is 33.9. The number of H-pyrrole nitrogens is 1.